The highest BCUT2D eigenvalue weighted by Crippen LogP contribution is 2.20. The quantitative estimate of drug-likeness (QED) is 0.328. The Hall–Kier alpha value is -2.23. The van der Waals surface area contributed by atoms with E-state index in [1.54, 1.807) is 18.2 Å². The Morgan fingerprint density at radius 1 is 1.24 bits per heavy atom. The molecule has 0 aromatic heterocycles. The van der Waals surface area contributed by atoms with Crippen molar-refractivity contribution in [1.29, 1.82) is 0 Å². The fraction of sp³-hybridized carbons (Fsp3) is 0.440. The van der Waals surface area contributed by atoms with Crippen molar-refractivity contribution < 1.29 is 19.1 Å². The molecule has 0 saturated carbocycles. The number of likely N-dealkylation sites (tertiary alicyclic amines) is 1. The minimum absolute atomic E-state index is 0.286. The fourth-order valence-electron chi connectivity index (χ4n) is 3.93. The summed E-state index contributed by atoms with van der Waals surface area (Å²) in [5.41, 5.74) is 3.04. The summed E-state index contributed by atoms with van der Waals surface area (Å²) in [6.07, 6.45) is 4.52. The molecule has 0 radical (unpaired) electrons. The number of benzene rings is 2. The lowest BCUT2D eigenvalue weighted by Gasteiger charge is -2.19. The Morgan fingerprint density at radius 2 is 2.00 bits per heavy atom. The molecule has 1 aliphatic heterocycles. The van der Waals surface area contributed by atoms with Gasteiger partial charge < -0.3 is 15.7 Å². The molecule has 1 saturated heterocycles. The van der Waals surface area contributed by atoms with E-state index >= 15 is 0 Å². The topological polar surface area (TPSA) is 81.7 Å². The van der Waals surface area contributed by atoms with E-state index in [0.29, 0.717) is 42.5 Å². The number of aryl methyl sites for hydroxylation is 2. The second-order valence-electron chi connectivity index (χ2n) is 8.50. The summed E-state index contributed by atoms with van der Waals surface area (Å²) >= 11 is 6.07. The van der Waals surface area contributed by atoms with E-state index in [1.807, 2.05) is 18.4 Å². The first-order valence-corrected chi connectivity index (χ1v) is 13.3. The number of carboxylic acid groups (broad SMARTS) is 1. The molecule has 3 N–H and O–H groups in total. The van der Waals surface area contributed by atoms with Crippen molar-refractivity contribution >= 4 is 42.0 Å². The summed E-state index contributed by atoms with van der Waals surface area (Å²) in [5, 5.41) is 16.0. The summed E-state index contributed by atoms with van der Waals surface area (Å²) < 4.78 is 13.2. The van der Waals surface area contributed by atoms with Gasteiger partial charge in [-0.25, -0.2) is 9.18 Å². The fourth-order valence-corrected chi connectivity index (χ4v) is 4.75. The third kappa shape index (κ3) is 7.92. The number of nitrogens with zero attached hydrogens (tertiary/aromatic N) is 1. The van der Waals surface area contributed by atoms with E-state index in [-0.39, 0.29) is 5.82 Å². The molecule has 6 nitrogen and oxygen atoms in total. The number of carboxylic acids is 1. The van der Waals surface area contributed by atoms with E-state index in [9.17, 15) is 19.1 Å². The van der Waals surface area contributed by atoms with Crippen LogP contribution < -0.4 is 10.6 Å². The van der Waals surface area contributed by atoms with E-state index in [0.717, 1.165) is 36.3 Å². The summed E-state index contributed by atoms with van der Waals surface area (Å²) in [6.45, 7) is 2.54. The third-order valence-electron chi connectivity index (χ3n) is 5.92. The van der Waals surface area contributed by atoms with Crippen molar-refractivity contribution in [3.05, 3.63) is 65.0 Å². The number of anilines is 1. The molecule has 2 aromatic carbocycles. The standard InChI is InChI=1S/C25H32FN3O3S2/c1-34-13-11-23(25(31)32)28-24(30)22-14-20(27-16-29-12-10-21(33)15-29)9-6-18(22)5-2-17-3-7-19(26)8-4-17/h3-4,6-9,14,21,23,27,33H,2,5,10-13,15-16H2,1H3,(H,28,30)(H,31,32)/t21-,23-/m0/s1. The first kappa shape index (κ1) is 26.4. The van der Waals surface area contributed by atoms with Crippen LogP contribution in [0.3, 0.4) is 0 Å². The second-order valence-corrected chi connectivity index (χ2v) is 10.2. The van der Waals surface area contributed by atoms with E-state index < -0.39 is 17.9 Å². The molecule has 3 rings (SSSR count). The van der Waals surface area contributed by atoms with Gasteiger partial charge in [0.15, 0.2) is 0 Å². The lowest BCUT2D eigenvalue weighted by molar-refractivity contribution is -0.139. The van der Waals surface area contributed by atoms with Gasteiger partial charge in [-0.3, -0.25) is 9.69 Å². The smallest absolute Gasteiger partial charge is 0.326 e. The van der Waals surface area contributed by atoms with Crippen molar-refractivity contribution in [3.8, 4) is 0 Å². The molecule has 0 aliphatic carbocycles. The third-order valence-corrected chi connectivity index (χ3v) is 6.98. The molecule has 1 heterocycles. The molecular formula is C25H32FN3O3S2. The van der Waals surface area contributed by atoms with Crippen LogP contribution in [0.25, 0.3) is 0 Å². The van der Waals surface area contributed by atoms with Gasteiger partial charge in [0, 0.05) is 29.6 Å². The molecule has 1 aliphatic rings. The van der Waals surface area contributed by atoms with Gasteiger partial charge in [-0.15, -0.1) is 0 Å². The number of rotatable bonds is 12. The number of hydrogen-bond donors (Lipinski definition) is 4. The molecule has 0 bridgehead atoms. The van der Waals surface area contributed by atoms with Crippen molar-refractivity contribution in [3.63, 3.8) is 0 Å². The molecule has 1 fully saturated rings. The van der Waals surface area contributed by atoms with Crippen molar-refractivity contribution in [2.75, 3.05) is 37.1 Å². The minimum atomic E-state index is -1.04. The summed E-state index contributed by atoms with van der Waals surface area (Å²) in [4.78, 5) is 27.1. The molecule has 9 heteroatoms. The Labute approximate surface area is 210 Å². The van der Waals surface area contributed by atoms with Crippen LogP contribution in [0.4, 0.5) is 10.1 Å². The van der Waals surface area contributed by atoms with Gasteiger partial charge in [0.25, 0.3) is 5.91 Å². The Balaban J connectivity index is 1.76. The molecule has 0 unspecified atom stereocenters. The van der Waals surface area contributed by atoms with E-state index in [1.165, 1.54) is 23.9 Å². The average Bonchev–Trinajstić information content (AvgIpc) is 3.25. The Kier molecular flexibility index (Phi) is 10.1. The second kappa shape index (κ2) is 13.0. The Morgan fingerprint density at radius 3 is 2.65 bits per heavy atom. The maximum absolute atomic E-state index is 13.2. The highest BCUT2D eigenvalue weighted by molar-refractivity contribution is 7.98. The van der Waals surface area contributed by atoms with E-state index in [4.69, 9.17) is 0 Å². The van der Waals surface area contributed by atoms with Gasteiger partial charge in [0.1, 0.15) is 11.9 Å². The molecule has 2 atom stereocenters. The predicted molar refractivity (Wildman–Crippen MR) is 140 cm³/mol. The maximum atomic E-state index is 13.2. The molecule has 184 valence electrons. The highest BCUT2D eigenvalue weighted by Gasteiger charge is 2.23. The van der Waals surface area contributed by atoms with Gasteiger partial charge in [0.2, 0.25) is 0 Å². The molecule has 1 amide bonds. The lowest BCUT2D eigenvalue weighted by atomic mass is 9.98. The zero-order valence-corrected chi connectivity index (χ0v) is 21.0. The van der Waals surface area contributed by atoms with Crippen LogP contribution in [0.15, 0.2) is 42.5 Å². The monoisotopic (exact) mass is 505 g/mol. The first-order valence-electron chi connectivity index (χ1n) is 11.4. The number of carbonyl (C=O) groups is 2. The largest absolute Gasteiger partial charge is 0.480 e. The number of thiol groups is 1. The predicted octanol–water partition coefficient (Wildman–Crippen LogP) is 3.92. The Bertz CT molecular complexity index is 974. The molecular weight excluding hydrogens is 473 g/mol. The minimum Gasteiger partial charge on any atom is -0.480 e. The molecule has 0 spiro atoms. The lowest BCUT2D eigenvalue weighted by Crippen LogP contribution is -2.41. The molecule has 34 heavy (non-hydrogen) atoms. The van der Waals surface area contributed by atoms with Crippen molar-refractivity contribution in [2.45, 2.75) is 37.0 Å². The van der Waals surface area contributed by atoms with E-state index in [2.05, 4.69) is 28.2 Å². The highest BCUT2D eigenvalue weighted by atomic mass is 32.2. The number of hydrogen-bond acceptors (Lipinski definition) is 6. The molecule has 2 aromatic rings. The summed E-state index contributed by atoms with van der Waals surface area (Å²) in [5.74, 6) is -1.09. The van der Waals surface area contributed by atoms with Crippen LogP contribution in [0, 0.1) is 5.82 Å². The maximum Gasteiger partial charge on any atom is 0.326 e. The summed E-state index contributed by atoms with van der Waals surface area (Å²) in [7, 11) is 0. The zero-order chi connectivity index (χ0) is 24.5. The van der Waals surface area contributed by atoms with Crippen LogP contribution in [0.1, 0.15) is 34.3 Å². The van der Waals surface area contributed by atoms with Crippen LogP contribution >= 0.6 is 24.4 Å². The van der Waals surface area contributed by atoms with Crippen LogP contribution in [0.5, 0.6) is 0 Å². The number of aliphatic carboxylic acids is 1. The number of halogens is 1. The number of nitrogens with one attached hydrogen (secondary N) is 2. The normalized spacial score (nSPS) is 16.9. The zero-order valence-electron chi connectivity index (χ0n) is 19.3. The SMILES string of the molecule is CSCC[C@H](NC(=O)c1cc(NCN2CC[C@H](S)C2)ccc1CCc1ccc(F)cc1)C(=O)O. The first-order chi connectivity index (χ1) is 16.4. The van der Waals surface area contributed by atoms with Gasteiger partial charge in [0.05, 0.1) is 6.67 Å². The van der Waals surface area contributed by atoms with Crippen LogP contribution in [-0.2, 0) is 17.6 Å². The van der Waals surface area contributed by atoms with Crippen molar-refractivity contribution in [1.82, 2.24) is 10.2 Å². The van der Waals surface area contributed by atoms with Gasteiger partial charge in [-0.1, -0.05) is 18.2 Å². The van der Waals surface area contributed by atoms with Gasteiger partial charge in [-0.2, -0.15) is 24.4 Å². The van der Waals surface area contributed by atoms with Crippen LogP contribution in [-0.4, -0.2) is 64.9 Å². The summed E-state index contributed by atoms with van der Waals surface area (Å²) in [6, 6.07) is 11.0. The van der Waals surface area contributed by atoms with Crippen molar-refractivity contribution in [2.24, 2.45) is 0 Å². The number of carbonyl (C=O) groups excluding carboxylic acids is 1. The van der Waals surface area contributed by atoms with Crippen LogP contribution in [0.2, 0.25) is 0 Å². The van der Waals surface area contributed by atoms with Gasteiger partial charge in [-0.05, 0) is 73.1 Å². The average molecular weight is 506 g/mol. The number of amides is 1. The van der Waals surface area contributed by atoms with Gasteiger partial charge >= 0.3 is 5.97 Å². The number of thioether (sulfide) groups is 1.